The van der Waals surface area contributed by atoms with Gasteiger partial charge in [0.15, 0.2) is 5.75 Å². The number of hydrogen-bond acceptors (Lipinski definition) is 9. The SMILES string of the molecule is CN1CCC(COc2ccc(S(=O)(=O)NC(=O)c3ccccc3Oc3cnc4[nH]ccc4c3)cc2[N+](=O)[O-])CC1. The molecule has 2 aromatic carbocycles. The van der Waals surface area contributed by atoms with Crippen molar-refractivity contribution in [2.24, 2.45) is 5.92 Å². The Morgan fingerprint density at radius 1 is 1.15 bits per heavy atom. The zero-order valence-electron chi connectivity index (χ0n) is 21.6. The number of rotatable bonds is 9. The fourth-order valence-corrected chi connectivity index (χ4v) is 5.43. The number of ether oxygens (including phenoxy) is 2. The first kappa shape index (κ1) is 27.1. The molecule has 0 unspecified atom stereocenters. The molecule has 2 N–H and O–H groups in total. The lowest BCUT2D eigenvalue weighted by atomic mass is 9.98. The van der Waals surface area contributed by atoms with Gasteiger partial charge >= 0.3 is 5.69 Å². The summed E-state index contributed by atoms with van der Waals surface area (Å²) in [6.07, 6.45) is 5.02. The number of aromatic nitrogens is 2. The number of nitro benzene ring substituents is 1. The molecular weight excluding hydrogens is 538 g/mol. The van der Waals surface area contributed by atoms with Crippen molar-refractivity contribution in [3.8, 4) is 17.2 Å². The van der Waals surface area contributed by atoms with Crippen molar-refractivity contribution in [2.45, 2.75) is 17.7 Å². The lowest BCUT2D eigenvalue weighted by molar-refractivity contribution is -0.386. The number of piperidine rings is 1. The second-order valence-electron chi connectivity index (χ2n) is 9.56. The minimum atomic E-state index is -4.47. The third kappa shape index (κ3) is 6.05. The minimum Gasteiger partial charge on any atom is -0.487 e. The molecule has 0 saturated carbocycles. The van der Waals surface area contributed by atoms with Gasteiger partial charge in [-0.1, -0.05) is 12.1 Å². The molecule has 1 aliphatic rings. The van der Waals surface area contributed by atoms with Crippen LogP contribution in [-0.2, 0) is 10.0 Å². The largest absolute Gasteiger partial charge is 0.487 e. The number of hydrogen-bond donors (Lipinski definition) is 2. The van der Waals surface area contributed by atoms with E-state index < -0.39 is 31.4 Å². The van der Waals surface area contributed by atoms with E-state index in [2.05, 4.69) is 14.9 Å². The number of carbonyl (C=O) groups excluding carboxylic acids is 1. The molecule has 1 aliphatic heterocycles. The van der Waals surface area contributed by atoms with E-state index in [1.807, 2.05) is 17.8 Å². The van der Waals surface area contributed by atoms with Gasteiger partial charge in [0.05, 0.1) is 28.2 Å². The molecule has 40 heavy (non-hydrogen) atoms. The number of sulfonamides is 1. The van der Waals surface area contributed by atoms with Gasteiger partial charge in [0.2, 0.25) is 0 Å². The highest BCUT2D eigenvalue weighted by Gasteiger charge is 2.26. The zero-order valence-corrected chi connectivity index (χ0v) is 22.4. The van der Waals surface area contributed by atoms with Crippen molar-refractivity contribution in [3.63, 3.8) is 0 Å². The molecule has 2 aromatic heterocycles. The Morgan fingerprint density at radius 2 is 1.93 bits per heavy atom. The molecule has 208 valence electrons. The average Bonchev–Trinajstić information content (AvgIpc) is 3.40. The van der Waals surface area contributed by atoms with Gasteiger partial charge in [-0.15, -0.1) is 0 Å². The maximum absolute atomic E-state index is 13.1. The highest BCUT2D eigenvalue weighted by molar-refractivity contribution is 7.90. The predicted octanol–water partition coefficient (Wildman–Crippen LogP) is 4.10. The molecule has 0 aliphatic carbocycles. The molecule has 1 fully saturated rings. The number of likely N-dealkylation sites (tertiary alicyclic amines) is 1. The van der Waals surface area contributed by atoms with Crippen LogP contribution in [0.25, 0.3) is 11.0 Å². The quantitative estimate of drug-likeness (QED) is 0.225. The second-order valence-corrected chi connectivity index (χ2v) is 11.2. The van der Waals surface area contributed by atoms with Crippen LogP contribution in [0.4, 0.5) is 5.69 Å². The zero-order chi connectivity index (χ0) is 28.3. The summed E-state index contributed by atoms with van der Waals surface area (Å²) in [6, 6.07) is 13.0. The van der Waals surface area contributed by atoms with Gasteiger partial charge < -0.3 is 19.4 Å². The molecule has 0 spiro atoms. The van der Waals surface area contributed by atoms with E-state index in [1.54, 1.807) is 24.4 Å². The second kappa shape index (κ2) is 11.3. The van der Waals surface area contributed by atoms with Crippen LogP contribution < -0.4 is 14.2 Å². The summed E-state index contributed by atoms with van der Waals surface area (Å²) in [4.78, 5) is 33.0. The van der Waals surface area contributed by atoms with Crippen LogP contribution in [0, 0.1) is 16.0 Å². The third-order valence-corrected chi connectivity index (χ3v) is 8.04. The standard InChI is InChI=1S/C27H27N5O7S/c1-31-12-9-18(10-13-31)17-38-25-7-6-21(15-23(25)32(34)35)40(36,37)30-27(33)22-4-2-3-5-24(22)39-20-14-19-8-11-28-26(19)29-16-20/h2-8,11,14-16,18H,9-10,12-13,17H2,1H3,(H,28,29)(H,30,33). The minimum absolute atomic E-state index is 0.0269. The van der Waals surface area contributed by atoms with Crippen LogP contribution in [0.15, 0.2) is 71.9 Å². The normalized spacial score (nSPS) is 14.6. The number of amides is 1. The number of carbonyl (C=O) groups is 1. The first-order valence-electron chi connectivity index (χ1n) is 12.6. The van der Waals surface area contributed by atoms with E-state index in [-0.39, 0.29) is 23.0 Å². The van der Waals surface area contributed by atoms with E-state index in [0.717, 1.165) is 37.4 Å². The van der Waals surface area contributed by atoms with Crippen molar-refractivity contribution in [2.75, 3.05) is 26.7 Å². The molecule has 0 atom stereocenters. The van der Waals surface area contributed by atoms with Crippen molar-refractivity contribution < 1.29 is 27.6 Å². The van der Waals surface area contributed by atoms with Gasteiger partial charge in [0.25, 0.3) is 15.9 Å². The summed E-state index contributed by atoms with van der Waals surface area (Å²) in [7, 11) is -2.44. The number of nitrogens with one attached hydrogen (secondary N) is 2. The van der Waals surface area contributed by atoms with Gasteiger partial charge in [0.1, 0.15) is 17.1 Å². The van der Waals surface area contributed by atoms with E-state index in [4.69, 9.17) is 9.47 Å². The summed E-state index contributed by atoms with van der Waals surface area (Å²) in [5.74, 6) is -0.281. The Hall–Kier alpha value is -4.49. The number of para-hydroxylation sites is 1. The molecule has 3 heterocycles. The summed E-state index contributed by atoms with van der Waals surface area (Å²) >= 11 is 0. The molecule has 12 nitrogen and oxygen atoms in total. The fourth-order valence-electron chi connectivity index (χ4n) is 4.45. The smallest absolute Gasteiger partial charge is 0.312 e. The van der Waals surface area contributed by atoms with Crippen molar-refractivity contribution in [3.05, 3.63) is 82.7 Å². The molecule has 5 rings (SSSR count). The number of fused-ring (bicyclic) bond motifs is 1. The van der Waals surface area contributed by atoms with Gasteiger partial charge in [-0.05, 0) is 75.3 Å². The third-order valence-electron chi connectivity index (χ3n) is 6.71. The molecule has 1 amide bonds. The monoisotopic (exact) mass is 565 g/mol. The van der Waals surface area contributed by atoms with Crippen molar-refractivity contribution in [1.29, 1.82) is 0 Å². The number of H-pyrrole nitrogens is 1. The number of pyridine rings is 1. The van der Waals surface area contributed by atoms with E-state index in [0.29, 0.717) is 18.0 Å². The van der Waals surface area contributed by atoms with Gasteiger partial charge in [-0.2, -0.15) is 0 Å². The first-order chi connectivity index (χ1) is 19.2. The Kier molecular flexibility index (Phi) is 7.67. The van der Waals surface area contributed by atoms with Crippen LogP contribution in [0.1, 0.15) is 23.2 Å². The maximum atomic E-state index is 13.1. The Labute approximate surface area is 230 Å². The van der Waals surface area contributed by atoms with E-state index in [9.17, 15) is 23.3 Å². The molecular formula is C27H27N5O7S. The summed E-state index contributed by atoms with van der Waals surface area (Å²) in [5.41, 5.74) is 0.115. The molecule has 0 bridgehead atoms. The van der Waals surface area contributed by atoms with Crippen LogP contribution in [-0.4, -0.2) is 60.9 Å². The van der Waals surface area contributed by atoms with E-state index >= 15 is 0 Å². The van der Waals surface area contributed by atoms with Crippen molar-refractivity contribution in [1.82, 2.24) is 19.6 Å². The Morgan fingerprint density at radius 3 is 2.70 bits per heavy atom. The van der Waals surface area contributed by atoms with Crippen LogP contribution >= 0.6 is 0 Å². The molecule has 0 radical (unpaired) electrons. The Balaban J connectivity index is 1.32. The van der Waals surface area contributed by atoms with E-state index in [1.165, 1.54) is 30.5 Å². The van der Waals surface area contributed by atoms with Crippen LogP contribution in [0.3, 0.4) is 0 Å². The Bertz CT molecular complexity index is 1660. The topological polar surface area (TPSA) is 157 Å². The highest BCUT2D eigenvalue weighted by Crippen LogP contribution is 2.32. The molecule has 13 heteroatoms. The maximum Gasteiger partial charge on any atom is 0.312 e. The number of nitrogens with zero attached hydrogens (tertiary/aromatic N) is 3. The summed E-state index contributed by atoms with van der Waals surface area (Å²) < 4.78 is 39.7. The fraction of sp³-hybridized carbons (Fsp3) is 0.259. The first-order valence-corrected chi connectivity index (χ1v) is 14.0. The number of benzene rings is 2. The van der Waals surface area contributed by atoms with Gasteiger partial charge in [-0.3, -0.25) is 14.9 Å². The summed E-state index contributed by atoms with van der Waals surface area (Å²) in [6.45, 7) is 2.13. The number of aromatic amines is 1. The average molecular weight is 566 g/mol. The lowest BCUT2D eigenvalue weighted by Gasteiger charge is -2.28. The molecule has 1 saturated heterocycles. The highest BCUT2D eigenvalue weighted by atomic mass is 32.2. The van der Waals surface area contributed by atoms with Crippen molar-refractivity contribution >= 4 is 32.7 Å². The number of nitro groups is 1. The van der Waals surface area contributed by atoms with Gasteiger partial charge in [0, 0.05) is 17.6 Å². The van der Waals surface area contributed by atoms with Crippen LogP contribution in [0.5, 0.6) is 17.2 Å². The molecule has 4 aromatic rings. The summed E-state index contributed by atoms with van der Waals surface area (Å²) in [5, 5.41) is 12.5. The predicted molar refractivity (Wildman–Crippen MR) is 146 cm³/mol. The van der Waals surface area contributed by atoms with Crippen LogP contribution in [0.2, 0.25) is 0 Å². The lowest BCUT2D eigenvalue weighted by Crippen LogP contribution is -2.32. The van der Waals surface area contributed by atoms with Gasteiger partial charge in [-0.25, -0.2) is 18.1 Å².